The summed E-state index contributed by atoms with van der Waals surface area (Å²) in [7, 11) is 0. The van der Waals surface area contributed by atoms with E-state index in [-0.39, 0.29) is 6.04 Å². The van der Waals surface area contributed by atoms with Crippen molar-refractivity contribution in [2.24, 2.45) is 5.10 Å². The molecule has 1 aliphatic heterocycles. The van der Waals surface area contributed by atoms with E-state index in [1.807, 2.05) is 30.3 Å². The van der Waals surface area contributed by atoms with E-state index < -0.39 is 0 Å². The molecule has 0 amide bonds. The van der Waals surface area contributed by atoms with E-state index >= 15 is 0 Å². The Morgan fingerprint density at radius 2 is 1.68 bits per heavy atom. The highest BCUT2D eigenvalue weighted by Gasteiger charge is 2.23. The first kappa shape index (κ1) is 12.9. The van der Waals surface area contributed by atoms with Gasteiger partial charge in [-0.05, 0) is 28.5 Å². The molecule has 3 heteroatoms. The van der Waals surface area contributed by atoms with Gasteiger partial charge in [0.15, 0.2) is 0 Å². The molecule has 0 radical (unpaired) electrons. The predicted octanol–water partition coefficient (Wildman–Crippen LogP) is 3.98. The summed E-state index contributed by atoms with van der Waals surface area (Å²) in [5.41, 5.74) is 6.18. The van der Waals surface area contributed by atoms with Gasteiger partial charge < -0.3 is 10.5 Å². The summed E-state index contributed by atoms with van der Waals surface area (Å²) in [6.07, 6.45) is 0.774. The van der Waals surface area contributed by atoms with Gasteiger partial charge in [0.1, 0.15) is 5.75 Å². The van der Waals surface area contributed by atoms with E-state index in [1.165, 1.54) is 10.8 Å². The average molecular weight is 288 g/mol. The Kier molecular flexibility index (Phi) is 3.04. The van der Waals surface area contributed by atoms with Gasteiger partial charge in [-0.2, -0.15) is 5.10 Å². The van der Waals surface area contributed by atoms with Crippen molar-refractivity contribution in [3.05, 3.63) is 77.9 Å². The maximum absolute atomic E-state index is 9.98. The maximum atomic E-state index is 9.98. The molecule has 1 atom stereocenters. The summed E-state index contributed by atoms with van der Waals surface area (Å²) >= 11 is 0. The number of fused-ring (bicyclic) bond motifs is 1. The van der Waals surface area contributed by atoms with Crippen molar-refractivity contribution in [1.29, 1.82) is 0 Å². The fraction of sp³-hybridized carbons (Fsp3) is 0.105. The van der Waals surface area contributed by atoms with Crippen molar-refractivity contribution in [3.8, 4) is 5.75 Å². The van der Waals surface area contributed by atoms with Crippen molar-refractivity contribution < 1.29 is 5.11 Å². The van der Waals surface area contributed by atoms with Crippen molar-refractivity contribution in [1.82, 2.24) is 5.43 Å². The lowest BCUT2D eigenvalue weighted by Gasteiger charge is -2.11. The summed E-state index contributed by atoms with van der Waals surface area (Å²) in [6.45, 7) is 0. The number of hydrazone groups is 1. The highest BCUT2D eigenvalue weighted by Crippen LogP contribution is 2.30. The van der Waals surface area contributed by atoms with Gasteiger partial charge in [0.25, 0.3) is 0 Å². The molecule has 4 rings (SSSR count). The minimum Gasteiger partial charge on any atom is -0.508 e. The number of hydrogen-bond acceptors (Lipinski definition) is 3. The molecule has 0 fully saturated rings. The Morgan fingerprint density at radius 3 is 2.55 bits per heavy atom. The molecule has 1 aliphatic rings. The Hall–Kier alpha value is -2.81. The molecule has 3 aromatic carbocycles. The van der Waals surface area contributed by atoms with Crippen LogP contribution < -0.4 is 5.43 Å². The zero-order chi connectivity index (χ0) is 14.9. The van der Waals surface area contributed by atoms with Crippen LogP contribution in [0.2, 0.25) is 0 Å². The number of nitrogens with zero attached hydrogens (tertiary/aromatic N) is 1. The molecule has 1 heterocycles. The lowest BCUT2D eigenvalue weighted by atomic mass is 9.97. The lowest BCUT2D eigenvalue weighted by Crippen LogP contribution is -2.10. The molecule has 0 saturated heterocycles. The van der Waals surface area contributed by atoms with Crippen molar-refractivity contribution >= 4 is 16.5 Å². The number of phenolic OH excluding ortho intramolecular Hbond substituents is 1. The largest absolute Gasteiger partial charge is 0.508 e. The van der Waals surface area contributed by atoms with Gasteiger partial charge in [0.05, 0.1) is 11.8 Å². The number of aromatic hydroxyl groups is 1. The van der Waals surface area contributed by atoms with Gasteiger partial charge in [-0.3, -0.25) is 0 Å². The van der Waals surface area contributed by atoms with Crippen molar-refractivity contribution in [2.45, 2.75) is 12.5 Å². The van der Waals surface area contributed by atoms with E-state index in [0.29, 0.717) is 5.75 Å². The Bertz CT molecular complexity index is 870. The monoisotopic (exact) mass is 288 g/mol. The van der Waals surface area contributed by atoms with Crippen LogP contribution in [0.4, 0.5) is 0 Å². The van der Waals surface area contributed by atoms with Crippen LogP contribution in [0.1, 0.15) is 23.6 Å². The molecule has 3 aromatic rings. The number of phenols is 1. The second-order valence-electron chi connectivity index (χ2n) is 5.57. The number of benzene rings is 3. The minimum atomic E-state index is 0.0303. The van der Waals surface area contributed by atoms with Crippen LogP contribution in [-0.4, -0.2) is 10.8 Å². The molecule has 108 valence electrons. The molecule has 0 bridgehead atoms. The molecular weight excluding hydrogens is 272 g/mol. The van der Waals surface area contributed by atoms with Gasteiger partial charge >= 0.3 is 0 Å². The molecule has 3 nitrogen and oxygen atoms in total. The summed E-state index contributed by atoms with van der Waals surface area (Å²) in [6, 6.07) is 22.2. The fourth-order valence-electron chi connectivity index (χ4n) is 2.95. The summed E-state index contributed by atoms with van der Waals surface area (Å²) < 4.78 is 0. The zero-order valence-corrected chi connectivity index (χ0v) is 12.0. The van der Waals surface area contributed by atoms with Crippen LogP contribution in [0.25, 0.3) is 10.8 Å². The van der Waals surface area contributed by atoms with Crippen LogP contribution in [0.15, 0.2) is 71.8 Å². The first-order valence-electron chi connectivity index (χ1n) is 7.40. The molecule has 2 N–H and O–H groups in total. The normalized spacial score (nSPS) is 17.3. The van der Waals surface area contributed by atoms with Gasteiger partial charge in [0, 0.05) is 12.0 Å². The molecule has 22 heavy (non-hydrogen) atoms. The SMILES string of the molecule is Oc1ccccc1C1CC(c2ccc3ccccc3c2)=NN1. The lowest BCUT2D eigenvalue weighted by molar-refractivity contribution is 0.455. The topological polar surface area (TPSA) is 44.6 Å². The zero-order valence-electron chi connectivity index (χ0n) is 12.0. The third-order valence-electron chi connectivity index (χ3n) is 4.15. The third-order valence-corrected chi connectivity index (χ3v) is 4.15. The van der Waals surface area contributed by atoms with Gasteiger partial charge in [-0.25, -0.2) is 0 Å². The number of hydrogen-bond donors (Lipinski definition) is 2. The average Bonchev–Trinajstić information content (AvgIpc) is 3.04. The van der Waals surface area contributed by atoms with Crippen LogP contribution >= 0.6 is 0 Å². The van der Waals surface area contributed by atoms with Gasteiger partial charge in [-0.1, -0.05) is 54.6 Å². The molecule has 1 unspecified atom stereocenters. The molecule has 0 spiro atoms. The number of rotatable bonds is 2. The summed E-state index contributed by atoms with van der Waals surface area (Å²) in [5.74, 6) is 0.315. The van der Waals surface area contributed by atoms with E-state index in [4.69, 9.17) is 0 Å². The predicted molar refractivity (Wildman–Crippen MR) is 89.1 cm³/mol. The first-order chi connectivity index (χ1) is 10.8. The van der Waals surface area contributed by atoms with Crippen molar-refractivity contribution in [2.75, 3.05) is 0 Å². The van der Waals surface area contributed by atoms with Crippen LogP contribution in [0.5, 0.6) is 5.75 Å². The summed E-state index contributed by atoms with van der Waals surface area (Å²) in [4.78, 5) is 0. The Labute approximate surface area is 128 Å². The second-order valence-corrected chi connectivity index (χ2v) is 5.57. The molecule has 0 aliphatic carbocycles. The van der Waals surface area contributed by atoms with E-state index in [0.717, 1.165) is 23.3 Å². The highest BCUT2D eigenvalue weighted by molar-refractivity contribution is 6.04. The second kappa shape index (κ2) is 5.19. The van der Waals surface area contributed by atoms with E-state index in [1.54, 1.807) is 6.07 Å². The fourth-order valence-corrected chi connectivity index (χ4v) is 2.95. The smallest absolute Gasteiger partial charge is 0.120 e. The van der Waals surface area contributed by atoms with Crippen LogP contribution in [-0.2, 0) is 0 Å². The van der Waals surface area contributed by atoms with Crippen molar-refractivity contribution in [3.63, 3.8) is 0 Å². The standard InChI is InChI=1S/C19H16N2O/c22-19-8-4-3-7-16(19)18-12-17(20-21-18)15-10-9-13-5-1-2-6-14(13)11-15/h1-11,18,21-22H,12H2. The molecule has 0 aromatic heterocycles. The van der Waals surface area contributed by atoms with Crippen LogP contribution in [0, 0.1) is 0 Å². The van der Waals surface area contributed by atoms with Crippen LogP contribution in [0.3, 0.4) is 0 Å². The maximum Gasteiger partial charge on any atom is 0.120 e. The quantitative estimate of drug-likeness (QED) is 0.749. The Balaban J connectivity index is 1.63. The highest BCUT2D eigenvalue weighted by atomic mass is 16.3. The Morgan fingerprint density at radius 1 is 0.909 bits per heavy atom. The summed E-state index contributed by atoms with van der Waals surface area (Å²) in [5, 5.41) is 16.9. The van der Waals surface area contributed by atoms with Gasteiger partial charge in [-0.15, -0.1) is 0 Å². The van der Waals surface area contributed by atoms with E-state index in [9.17, 15) is 5.11 Å². The van der Waals surface area contributed by atoms with E-state index in [2.05, 4.69) is 40.9 Å². The molecule has 0 saturated carbocycles. The first-order valence-corrected chi connectivity index (χ1v) is 7.40. The molecular formula is C19H16N2O. The van der Waals surface area contributed by atoms with Gasteiger partial charge in [0.2, 0.25) is 0 Å². The third kappa shape index (κ3) is 2.21. The number of para-hydroxylation sites is 1. The minimum absolute atomic E-state index is 0.0303. The number of nitrogens with one attached hydrogen (secondary N) is 1.